The summed E-state index contributed by atoms with van der Waals surface area (Å²) in [6.45, 7) is 1.70. The second kappa shape index (κ2) is 4.93. The van der Waals surface area contributed by atoms with E-state index < -0.39 is 15.9 Å². The topological polar surface area (TPSA) is 78.6 Å². The molecule has 0 saturated heterocycles. The molecule has 1 unspecified atom stereocenters. The summed E-state index contributed by atoms with van der Waals surface area (Å²) >= 11 is 0. The summed E-state index contributed by atoms with van der Waals surface area (Å²) in [6, 6.07) is 2.73. The Morgan fingerprint density at radius 1 is 1.18 bits per heavy atom. The van der Waals surface area contributed by atoms with E-state index in [0.717, 1.165) is 6.26 Å². The molecule has 0 aliphatic rings. The van der Waals surface area contributed by atoms with Crippen LogP contribution in [0, 0.1) is 0 Å². The van der Waals surface area contributed by atoms with Gasteiger partial charge in [0.2, 0.25) is 0 Å². The molecule has 1 aromatic rings. The molecular weight excluding hydrogens is 242 g/mol. The van der Waals surface area contributed by atoms with Crippen LogP contribution >= 0.6 is 0 Å². The van der Waals surface area contributed by atoms with Gasteiger partial charge in [-0.2, -0.15) is 0 Å². The van der Waals surface area contributed by atoms with Gasteiger partial charge in [0.15, 0.2) is 9.84 Å². The zero-order valence-corrected chi connectivity index (χ0v) is 11.2. The Morgan fingerprint density at radius 2 is 1.65 bits per heavy atom. The van der Waals surface area contributed by atoms with Crippen LogP contribution in [-0.2, 0) is 9.84 Å². The monoisotopic (exact) mass is 259 g/mol. The zero-order valence-electron chi connectivity index (χ0n) is 10.4. The second-order valence-corrected chi connectivity index (χ2v) is 5.73. The highest BCUT2D eigenvalue weighted by Crippen LogP contribution is 2.37. The van der Waals surface area contributed by atoms with Crippen LogP contribution in [0.3, 0.4) is 0 Å². The summed E-state index contributed by atoms with van der Waals surface area (Å²) in [4.78, 5) is 0.0920. The molecule has 0 amide bonds. The van der Waals surface area contributed by atoms with E-state index in [4.69, 9.17) is 15.2 Å². The second-order valence-electron chi connectivity index (χ2n) is 3.77. The van der Waals surface area contributed by atoms with Crippen molar-refractivity contribution in [2.24, 2.45) is 5.73 Å². The van der Waals surface area contributed by atoms with Gasteiger partial charge >= 0.3 is 0 Å². The highest BCUT2D eigenvalue weighted by atomic mass is 32.2. The van der Waals surface area contributed by atoms with Crippen molar-refractivity contribution in [1.29, 1.82) is 0 Å². The van der Waals surface area contributed by atoms with Crippen LogP contribution in [0.2, 0.25) is 0 Å². The standard InChI is InChI=1S/C11H17NO4S/c1-7(12)10-8(15-2)5-6-9(16-3)11(10)17(4,13)14/h5-7H,12H2,1-4H3. The average molecular weight is 259 g/mol. The molecule has 0 bridgehead atoms. The summed E-state index contributed by atoms with van der Waals surface area (Å²) in [7, 11) is -0.549. The molecule has 2 N–H and O–H groups in total. The van der Waals surface area contributed by atoms with Gasteiger partial charge in [-0.15, -0.1) is 0 Å². The minimum absolute atomic E-state index is 0.0920. The molecule has 5 nitrogen and oxygen atoms in total. The number of benzene rings is 1. The van der Waals surface area contributed by atoms with Gasteiger partial charge < -0.3 is 15.2 Å². The van der Waals surface area contributed by atoms with Gasteiger partial charge in [0, 0.05) is 17.9 Å². The molecule has 1 atom stereocenters. The van der Waals surface area contributed by atoms with Gasteiger partial charge in [0.1, 0.15) is 16.4 Å². The van der Waals surface area contributed by atoms with Gasteiger partial charge in [-0.3, -0.25) is 0 Å². The number of hydrogen-bond donors (Lipinski definition) is 1. The fraction of sp³-hybridized carbons (Fsp3) is 0.455. The summed E-state index contributed by atoms with van der Waals surface area (Å²) < 4.78 is 33.8. The zero-order chi connectivity index (χ0) is 13.2. The predicted octanol–water partition coefficient (Wildman–Crippen LogP) is 1.13. The highest BCUT2D eigenvalue weighted by molar-refractivity contribution is 7.90. The maximum Gasteiger partial charge on any atom is 0.179 e. The predicted molar refractivity (Wildman–Crippen MR) is 65.3 cm³/mol. The summed E-state index contributed by atoms with van der Waals surface area (Å²) in [5.74, 6) is 0.724. The third-order valence-corrected chi connectivity index (χ3v) is 3.55. The van der Waals surface area contributed by atoms with Crippen LogP contribution in [0.4, 0.5) is 0 Å². The van der Waals surface area contributed by atoms with Gasteiger partial charge in [-0.25, -0.2) is 8.42 Å². The molecule has 1 rings (SSSR count). The minimum atomic E-state index is -3.44. The molecule has 0 heterocycles. The van der Waals surface area contributed by atoms with E-state index in [-0.39, 0.29) is 10.6 Å². The lowest BCUT2D eigenvalue weighted by atomic mass is 10.1. The van der Waals surface area contributed by atoms with Crippen molar-refractivity contribution in [1.82, 2.24) is 0 Å². The van der Waals surface area contributed by atoms with Crippen molar-refractivity contribution in [2.75, 3.05) is 20.5 Å². The SMILES string of the molecule is COc1ccc(OC)c(S(C)(=O)=O)c1C(C)N. The summed E-state index contributed by atoms with van der Waals surface area (Å²) in [5, 5.41) is 0. The Labute approximate surface area is 101 Å². The van der Waals surface area contributed by atoms with Crippen LogP contribution in [0.15, 0.2) is 17.0 Å². The first-order valence-corrected chi connectivity index (χ1v) is 6.92. The van der Waals surface area contributed by atoms with E-state index >= 15 is 0 Å². The third-order valence-electron chi connectivity index (χ3n) is 2.39. The maximum absolute atomic E-state index is 11.8. The maximum atomic E-state index is 11.8. The average Bonchev–Trinajstić information content (AvgIpc) is 2.25. The molecule has 1 aromatic carbocycles. The molecular formula is C11H17NO4S. The number of sulfone groups is 1. The van der Waals surface area contributed by atoms with Gasteiger partial charge in [-0.1, -0.05) is 0 Å². The number of rotatable bonds is 4. The molecule has 96 valence electrons. The largest absolute Gasteiger partial charge is 0.496 e. The van der Waals surface area contributed by atoms with Crippen molar-refractivity contribution in [3.63, 3.8) is 0 Å². The molecule has 0 aliphatic carbocycles. The summed E-state index contributed by atoms with van der Waals surface area (Å²) in [6.07, 6.45) is 1.12. The molecule has 0 fully saturated rings. The number of ether oxygens (including phenoxy) is 2. The fourth-order valence-electron chi connectivity index (χ4n) is 1.71. The molecule has 0 aliphatic heterocycles. The van der Waals surface area contributed by atoms with E-state index in [1.807, 2.05) is 0 Å². The van der Waals surface area contributed by atoms with Crippen molar-refractivity contribution >= 4 is 9.84 Å². The molecule has 0 radical (unpaired) electrons. The molecule has 0 spiro atoms. The Kier molecular flexibility index (Phi) is 4.00. The van der Waals surface area contributed by atoms with E-state index in [2.05, 4.69) is 0 Å². The molecule has 17 heavy (non-hydrogen) atoms. The first-order chi connectivity index (χ1) is 7.82. The third kappa shape index (κ3) is 2.70. The van der Waals surface area contributed by atoms with Gasteiger partial charge in [-0.05, 0) is 19.1 Å². The van der Waals surface area contributed by atoms with E-state index in [0.29, 0.717) is 11.3 Å². The van der Waals surface area contributed by atoms with Crippen LogP contribution < -0.4 is 15.2 Å². The quantitative estimate of drug-likeness (QED) is 0.876. The Bertz CT molecular complexity index is 508. The van der Waals surface area contributed by atoms with Crippen molar-refractivity contribution < 1.29 is 17.9 Å². The molecule has 6 heteroatoms. The van der Waals surface area contributed by atoms with E-state index in [1.54, 1.807) is 19.1 Å². The number of hydrogen-bond acceptors (Lipinski definition) is 5. The number of methoxy groups -OCH3 is 2. The first-order valence-electron chi connectivity index (χ1n) is 5.03. The molecule has 0 saturated carbocycles. The van der Waals surface area contributed by atoms with E-state index in [1.165, 1.54) is 14.2 Å². The van der Waals surface area contributed by atoms with Gasteiger partial charge in [0.05, 0.1) is 14.2 Å². The molecule has 0 aromatic heterocycles. The van der Waals surface area contributed by atoms with E-state index in [9.17, 15) is 8.42 Å². The van der Waals surface area contributed by atoms with Crippen LogP contribution in [-0.4, -0.2) is 28.9 Å². The van der Waals surface area contributed by atoms with Gasteiger partial charge in [0.25, 0.3) is 0 Å². The first kappa shape index (κ1) is 13.8. The lowest BCUT2D eigenvalue weighted by molar-refractivity contribution is 0.385. The number of nitrogens with two attached hydrogens (primary N) is 1. The van der Waals surface area contributed by atoms with Crippen LogP contribution in [0.25, 0.3) is 0 Å². The Balaban J connectivity index is 3.71. The van der Waals surface area contributed by atoms with Crippen LogP contribution in [0.5, 0.6) is 11.5 Å². The Morgan fingerprint density at radius 3 is 2.00 bits per heavy atom. The summed E-state index contributed by atoms with van der Waals surface area (Å²) in [5.41, 5.74) is 6.25. The van der Waals surface area contributed by atoms with Crippen molar-refractivity contribution in [3.8, 4) is 11.5 Å². The van der Waals surface area contributed by atoms with Crippen molar-refractivity contribution in [2.45, 2.75) is 17.9 Å². The van der Waals surface area contributed by atoms with Crippen molar-refractivity contribution in [3.05, 3.63) is 17.7 Å². The minimum Gasteiger partial charge on any atom is -0.496 e. The smallest absolute Gasteiger partial charge is 0.179 e. The lowest BCUT2D eigenvalue weighted by Crippen LogP contribution is -2.14. The highest BCUT2D eigenvalue weighted by Gasteiger charge is 2.24. The normalized spacial score (nSPS) is 13.2. The Hall–Kier alpha value is -1.27. The lowest BCUT2D eigenvalue weighted by Gasteiger charge is -2.18. The van der Waals surface area contributed by atoms with Crippen LogP contribution in [0.1, 0.15) is 18.5 Å². The fourth-order valence-corrected chi connectivity index (χ4v) is 2.92.